The number of benzene rings is 3. The van der Waals surface area contributed by atoms with Crippen LogP contribution in [0.15, 0.2) is 77.7 Å². The van der Waals surface area contributed by atoms with Gasteiger partial charge in [-0.25, -0.2) is 8.42 Å². The zero-order valence-electron chi connectivity index (χ0n) is 17.7. The third kappa shape index (κ3) is 4.67. The quantitative estimate of drug-likeness (QED) is 0.617. The highest BCUT2D eigenvalue weighted by atomic mass is 32.2. The van der Waals surface area contributed by atoms with E-state index in [4.69, 9.17) is 9.47 Å². The Kier molecular flexibility index (Phi) is 6.55. The molecule has 0 aromatic heterocycles. The molecule has 0 radical (unpaired) electrons. The van der Waals surface area contributed by atoms with Gasteiger partial charge >= 0.3 is 0 Å². The molecule has 1 amide bonds. The fourth-order valence-corrected chi connectivity index (χ4v) is 5.11. The average Bonchev–Trinajstić information content (AvgIpc) is 2.85. The number of nitrogens with zero attached hydrogens (tertiary/aromatic N) is 1. The number of hydrogen-bond acceptors (Lipinski definition) is 5. The Hall–Kier alpha value is -3.20. The van der Waals surface area contributed by atoms with Crippen LogP contribution in [0.3, 0.4) is 0 Å². The van der Waals surface area contributed by atoms with Crippen LogP contribution in [0.5, 0.6) is 5.75 Å². The SMILES string of the molecule is COc1ccc(C(=O)Nc2ccc(-c3ccccc3)cc2)cc1S(=O)(=O)N1CCOCC1. The van der Waals surface area contributed by atoms with Gasteiger partial charge in [-0.3, -0.25) is 4.79 Å². The molecule has 8 heteroatoms. The van der Waals surface area contributed by atoms with Gasteiger partial charge in [0.2, 0.25) is 10.0 Å². The van der Waals surface area contributed by atoms with Crippen LogP contribution < -0.4 is 10.1 Å². The highest BCUT2D eigenvalue weighted by Gasteiger charge is 2.30. The summed E-state index contributed by atoms with van der Waals surface area (Å²) in [6.07, 6.45) is 0. The zero-order chi connectivity index (χ0) is 22.6. The molecule has 0 saturated carbocycles. The van der Waals surface area contributed by atoms with E-state index in [2.05, 4.69) is 5.32 Å². The van der Waals surface area contributed by atoms with Crippen molar-refractivity contribution in [3.63, 3.8) is 0 Å². The third-order valence-corrected chi connectivity index (χ3v) is 7.18. The number of sulfonamides is 1. The van der Waals surface area contributed by atoms with Gasteiger partial charge in [-0.15, -0.1) is 0 Å². The molecule has 1 fully saturated rings. The molecule has 32 heavy (non-hydrogen) atoms. The summed E-state index contributed by atoms with van der Waals surface area (Å²) in [4.78, 5) is 12.8. The van der Waals surface area contributed by atoms with Crippen molar-refractivity contribution < 1.29 is 22.7 Å². The van der Waals surface area contributed by atoms with E-state index in [-0.39, 0.29) is 29.3 Å². The predicted octanol–water partition coefficient (Wildman–Crippen LogP) is 3.64. The topological polar surface area (TPSA) is 84.9 Å². The van der Waals surface area contributed by atoms with Gasteiger partial charge in [0.15, 0.2) is 0 Å². The summed E-state index contributed by atoms with van der Waals surface area (Å²) in [7, 11) is -2.42. The smallest absolute Gasteiger partial charge is 0.255 e. The summed E-state index contributed by atoms with van der Waals surface area (Å²) in [6.45, 7) is 1.19. The molecule has 3 aromatic carbocycles. The Morgan fingerprint density at radius 2 is 1.59 bits per heavy atom. The number of ether oxygens (including phenoxy) is 2. The summed E-state index contributed by atoms with van der Waals surface area (Å²) in [6, 6.07) is 21.8. The fraction of sp³-hybridized carbons (Fsp3) is 0.208. The number of anilines is 1. The molecule has 166 valence electrons. The molecular weight excluding hydrogens is 428 g/mol. The van der Waals surface area contributed by atoms with E-state index in [0.717, 1.165) is 11.1 Å². The number of methoxy groups -OCH3 is 1. The van der Waals surface area contributed by atoms with Gasteiger partial charge in [0.1, 0.15) is 10.6 Å². The van der Waals surface area contributed by atoms with Crippen molar-refractivity contribution in [1.29, 1.82) is 0 Å². The third-order valence-electron chi connectivity index (χ3n) is 5.26. The summed E-state index contributed by atoms with van der Waals surface area (Å²) < 4.78 is 38.1. The monoisotopic (exact) mass is 452 g/mol. The first kappa shape index (κ1) is 22.0. The number of hydrogen-bond donors (Lipinski definition) is 1. The molecular formula is C24H24N2O5S. The first-order chi connectivity index (χ1) is 15.5. The van der Waals surface area contributed by atoms with Gasteiger partial charge in [0, 0.05) is 24.3 Å². The van der Waals surface area contributed by atoms with E-state index in [0.29, 0.717) is 18.9 Å². The summed E-state index contributed by atoms with van der Waals surface area (Å²) in [5.74, 6) is -0.209. The number of carbonyl (C=O) groups is 1. The lowest BCUT2D eigenvalue weighted by Gasteiger charge is -2.26. The van der Waals surface area contributed by atoms with Crippen LogP contribution in [0.4, 0.5) is 5.69 Å². The van der Waals surface area contributed by atoms with E-state index >= 15 is 0 Å². The Bertz CT molecular complexity index is 1190. The second-order valence-electron chi connectivity index (χ2n) is 7.28. The molecule has 1 aliphatic rings. The van der Waals surface area contributed by atoms with Crippen molar-refractivity contribution in [3.05, 3.63) is 78.4 Å². The number of amides is 1. The lowest BCUT2D eigenvalue weighted by atomic mass is 10.1. The molecule has 0 aliphatic carbocycles. The molecule has 4 rings (SSSR count). The fourth-order valence-electron chi connectivity index (χ4n) is 3.53. The van der Waals surface area contributed by atoms with Gasteiger partial charge in [-0.05, 0) is 41.5 Å². The van der Waals surface area contributed by atoms with Crippen molar-refractivity contribution in [1.82, 2.24) is 4.31 Å². The molecule has 1 N–H and O–H groups in total. The van der Waals surface area contributed by atoms with Gasteiger partial charge in [0.25, 0.3) is 5.91 Å². The maximum Gasteiger partial charge on any atom is 0.255 e. The highest BCUT2D eigenvalue weighted by molar-refractivity contribution is 7.89. The van der Waals surface area contributed by atoms with Crippen LogP contribution in [0.2, 0.25) is 0 Å². The van der Waals surface area contributed by atoms with Crippen LogP contribution >= 0.6 is 0 Å². The summed E-state index contributed by atoms with van der Waals surface area (Å²) in [5, 5.41) is 2.82. The Labute approximate surface area is 187 Å². The lowest BCUT2D eigenvalue weighted by Crippen LogP contribution is -2.40. The van der Waals surface area contributed by atoms with Crippen LogP contribution in [-0.4, -0.2) is 52.0 Å². The van der Waals surface area contributed by atoms with Crippen molar-refractivity contribution >= 4 is 21.6 Å². The Morgan fingerprint density at radius 3 is 2.25 bits per heavy atom. The van der Waals surface area contributed by atoms with Crippen LogP contribution in [0, 0.1) is 0 Å². The van der Waals surface area contributed by atoms with Crippen molar-refractivity contribution in [2.24, 2.45) is 0 Å². The number of carbonyl (C=O) groups excluding carboxylic acids is 1. The lowest BCUT2D eigenvalue weighted by molar-refractivity contribution is 0.0729. The molecule has 7 nitrogen and oxygen atoms in total. The van der Waals surface area contributed by atoms with E-state index in [9.17, 15) is 13.2 Å². The minimum atomic E-state index is -3.82. The van der Waals surface area contributed by atoms with E-state index in [1.807, 2.05) is 54.6 Å². The first-order valence-corrected chi connectivity index (χ1v) is 11.7. The predicted molar refractivity (Wildman–Crippen MR) is 122 cm³/mol. The van der Waals surface area contributed by atoms with Crippen molar-refractivity contribution in [3.8, 4) is 16.9 Å². The largest absolute Gasteiger partial charge is 0.495 e. The Morgan fingerprint density at radius 1 is 0.938 bits per heavy atom. The second kappa shape index (κ2) is 9.52. The molecule has 0 bridgehead atoms. The standard InChI is InChI=1S/C24H24N2O5S/c1-30-22-12-9-20(17-23(22)32(28,29)26-13-15-31-16-14-26)24(27)25-21-10-7-19(8-11-21)18-5-3-2-4-6-18/h2-12,17H,13-16H2,1H3,(H,25,27). The molecule has 1 saturated heterocycles. The van der Waals surface area contributed by atoms with Gasteiger partial charge in [-0.2, -0.15) is 4.31 Å². The van der Waals surface area contributed by atoms with Crippen LogP contribution in [0.1, 0.15) is 10.4 Å². The molecule has 0 spiro atoms. The van der Waals surface area contributed by atoms with E-state index in [1.54, 1.807) is 6.07 Å². The molecule has 0 atom stereocenters. The average molecular weight is 453 g/mol. The molecule has 0 unspecified atom stereocenters. The van der Waals surface area contributed by atoms with E-state index < -0.39 is 15.9 Å². The molecule has 1 aliphatic heterocycles. The van der Waals surface area contributed by atoms with Crippen molar-refractivity contribution in [2.75, 3.05) is 38.7 Å². The van der Waals surface area contributed by atoms with Crippen LogP contribution in [0.25, 0.3) is 11.1 Å². The van der Waals surface area contributed by atoms with E-state index in [1.165, 1.54) is 23.5 Å². The van der Waals surface area contributed by atoms with Gasteiger partial charge in [0.05, 0.1) is 20.3 Å². The highest BCUT2D eigenvalue weighted by Crippen LogP contribution is 2.29. The number of morpholine rings is 1. The zero-order valence-corrected chi connectivity index (χ0v) is 18.5. The number of rotatable bonds is 6. The van der Waals surface area contributed by atoms with Gasteiger partial charge < -0.3 is 14.8 Å². The summed E-state index contributed by atoms with van der Waals surface area (Å²) in [5.41, 5.74) is 2.96. The normalized spacial score (nSPS) is 14.7. The Balaban J connectivity index is 1.56. The second-order valence-corrected chi connectivity index (χ2v) is 9.19. The maximum atomic E-state index is 13.1. The molecule has 3 aromatic rings. The minimum Gasteiger partial charge on any atom is -0.495 e. The number of nitrogens with one attached hydrogen (secondary N) is 1. The van der Waals surface area contributed by atoms with Gasteiger partial charge in [-0.1, -0.05) is 42.5 Å². The first-order valence-electron chi connectivity index (χ1n) is 10.2. The maximum absolute atomic E-state index is 13.1. The van der Waals surface area contributed by atoms with Crippen molar-refractivity contribution in [2.45, 2.75) is 4.90 Å². The molecule has 1 heterocycles. The minimum absolute atomic E-state index is 0.0334. The van der Waals surface area contributed by atoms with Crippen LogP contribution in [-0.2, 0) is 14.8 Å². The summed E-state index contributed by atoms with van der Waals surface area (Å²) >= 11 is 0.